The van der Waals surface area contributed by atoms with Crippen molar-refractivity contribution in [2.24, 2.45) is 0 Å². The van der Waals surface area contributed by atoms with Gasteiger partial charge in [0.1, 0.15) is 17.5 Å². The van der Waals surface area contributed by atoms with Crippen molar-refractivity contribution in [3.05, 3.63) is 36.0 Å². The van der Waals surface area contributed by atoms with E-state index in [1.807, 2.05) is 36.0 Å². The molecule has 1 fully saturated rings. The Labute approximate surface area is 126 Å². The number of ether oxygens (including phenoxy) is 1. The first-order valence-corrected chi connectivity index (χ1v) is 8.02. The predicted octanol–water partition coefficient (Wildman–Crippen LogP) is 3.05. The number of hydrogen-bond acceptors (Lipinski definition) is 4. The summed E-state index contributed by atoms with van der Waals surface area (Å²) >= 11 is 1.91. The molecule has 0 bridgehead atoms. The summed E-state index contributed by atoms with van der Waals surface area (Å²) in [5.41, 5.74) is 1.48. The fourth-order valence-corrected chi connectivity index (χ4v) is 3.37. The van der Waals surface area contributed by atoms with Gasteiger partial charge in [-0.2, -0.15) is 16.9 Å². The first-order valence-electron chi connectivity index (χ1n) is 6.86. The molecule has 0 spiro atoms. The van der Waals surface area contributed by atoms with Crippen molar-refractivity contribution >= 4 is 17.7 Å². The van der Waals surface area contributed by atoms with Crippen LogP contribution in [0.2, 0.25) is 0 Å². The maximum absolute atomic E-state index is 10.9. The number of H-pyrrole nitrogens is 1. The lowest BCUT2D eigenvalue weighted by molar-refractivity contribution is 0.0690. The topological polar surface area (TPSA) is 75.2 Å². The van der Waals surface area contributed by atoms with Crippen LogP contribution in [0.5, 0.6) is 5.75 Å². The zero-order chi connectivity index (χ0) is 14.7. The zero-order valence-electron chi connectivity index (χ0n) is 11.4. The van der Waals surface area contributed by atoms with E-state index in [2.05, 4.69) is 10.2 Å². The monoisotopic (exact) mass is 304 g/mol. The molecule has 3 rings (SSSR count). The average Bonchev–Trinajstić information content (AvgIpc) is 2.99. The van der Waals surface area contributed by atoms with Crippen LogP contribution in [0, 0.1) is 0 Å². The van der Waals surface area contributed by atoms with Crippen LogP contribution in [0.4, 0.5) is 0 Å². The summed E-state index contributed by atoms with van der Waals surface area (Å²) in [6, 6.07) is 9.14. The molecule has 1 aliphatic heterocycles. The van der Waals surface area contributed by atoms with Crippen molar-refractivity contribution in [2.75, 3.05) is 11.5 Å². The number of carbonyl (C=O) groups is 1. The minimum absolute atomic E-state index is 0.0769. The molecule has 5 nitrogen and oxygen atoms in total. The van der Waals surface area contributed by atoms with E-state index in [4.69, 9.17) is 9.84 Å². The standard InChI is InChI=1S/C15H16N2O3S/c18-15(19)13-8-12(16-17-13)11-5-1-2-6-14(11)20-10-4-3-7-21-9-10/h1-2,5-6,8,10H,3-4,7,9H2,(H,16,17)(H,18,19). The van der Waals surface area contributed by atoms with Crippen molar-refractivity contribution in [1.82, 2.24) is 10.2 Å². The molecule has 21 heavy (non-hydrogen) atoms. The van der Waals surface area contributed by atoms with Gasteiger partial charge in [-0.1, -0.05) is 12.1 Å². The molecule has 1 unspecified atom stereocenters. The highest BCUT2D eigenvalue weighted by molar-refractivity contribution is 7.99. The molecule has 110 valence electrons. The number of carboxylic acids is 1. The van der Waals surface area contributed by atoms with E-state index < -0.39 is 5.97 Å². The van der Waals surface area contributed by atoms with E-state index in [0.717, 1.165) is 23.5 Å². The van der Waals surface area contributed by atoms with Gasteiger partial charge in [0.25, 0.3) is 0 Å². The second-order valence-corrected chi connectivity index (χ2v) is 6.08. The number of nitrogens with one attached hydrogen (secondary N) is 1. The van der Waals surface area contributed by atoms with Crippen LogP contribution in [-0.2, 0) is 0 Å². The third-order valence-electron chi connectivity index (χ3n) is 3.38. The fraction of sp³-hybridized carbons (Fsp3) is 0.333. The largest absolute Gasteiger partial charge is 0.489 e. The molecule has 0 aliphatic carbocycles. The SMILES string of the molecule is O=C(O)c1cc(-c2ccccc2OC2CCCSC2)n[nH]1. The van der Waals surface area contributed by atoms with E-state index in [1.54, 1.807) is 0 Å². The molecule has 6 heteroatoms. The molecule has 0 radical (unpaired) electrons. The number of aromatic carboxylic acids is 1. The first kappa shape index (κ1) is 14.0. The molecule has 1 aromatic carbocycles. The normalized spacial score (nSPS) is 18.4. The fourth-order valence-electron chi connectivity index (χ4n) is 2.33. The number of para-hydroxylation sites is 1. The van der Waals surface area contributed by atoms with Crippen LogP contribution in [0.25, 0.3) is 11.3 Å². The van der Waals surface area contributed by atoms with Crippen LogP contribution in [0.1, 0.15) is 23.3 Å². The van der Waals surface area contributed by atoms with Crippen molar-refractivity contribution < 1.29 is 14.6 Å². The Balaban J connectivity index is 1.85. The Morgan fingerprint density at radius 2 is 2.29 bits per heavy atom. The number of benzene rings is 1. The summed E-state index contributed by atoms with van der Waals surface area (Å²) < 4.78 is 6.09. The van der Waals surface area contributed by atoms with Crippen LogP contribution in [0.3, 0.4) is 0 Å². The predicted molar refractivity (Wildman–Crippen MR) is 82.0 cm³/mol. The van der Waals surface area contributed by atoms with Gasteiger partial charge in [0, 0.05) is 11.3 Å². The van der Waals surface area contributed by atoms with Gasteiger partial charge in [0.05, 0.1) is 5.69 Å². The van der Waals surface area contributed by atoms with Crippen molar-refractivity contribution in [1.29, 1.82) is 0 Å². The summed E-state index contributed by atoms with van der Waals surface area (Å²) in [7, 11) is 0. The number of aromatic nitrogens is 2. The third-order valence-corrected chi connectivity index (χ3v) is 4.57. The third kappa shape index (κ3) is 3.21. The van der Waals surface area contributed by atoms with Crippen LogP contribution >= 0.6 is 11.8 Å². The number of rotatable bonds is 4. The summed E-state index contributed by atoms with van der Waals surface area (Å²) in [4.78, 5) is 10.9. The second kappa shape index (κ2) is 6.22. The Hall–Kier alpha value is -1.95. The van der Waals surface area contributed by atoms with Gasteiger partial charge in [-0.3, -0.25) is 5.10 Å². The molecule has 2 N–H and O–H groups in total. The molecule has 2 aromatic rings. The molecule has 1 atom stereocenters. The number of carboxylic acid groups (broad SMARTS) is 1. The number of thioether (sulfide) groups is 1. The molecule has 2 heterocycles. The van der Waals surface area contributed by atoms with Gasteiger partial charge in [-0.15, -0.1) is 0 Å². The Morgan fingerprint density at radius 3 is 3.00 bits per heavy atom. The molecule has 1 saturated heterocycles. The van der Waals surface area contributed by atoms with Crippen LogP contribution < -0.4 is 4.74 Å². The van der Waals surface area contributed by atoms with Gasteiger partial charge >= 0.3 is 5.97 Å². The van der Waals surface area contributed by atoms with Gasteiger partial charge in [-0.25, -0.2) is 4.79 Å². The minimum Gasteiger partial charge on any atom is -0.489 e. The van der Waals surface area contributed by atoms with E-state index in [1.165, 1.54) is 18.2 Å². The quantitative estimate of drug-likeness (QED) is 0.908. The molecular formula is C15H16N2O3S. The van der Waals surface area contributed by atoms with Gasteiger partial charge in [0.2, 0.25) is 0 Å². The molecule has 1 aliphatic rings. The lowest BCUT2D eigenvalue weighted by Crippen LogP contribution is -2.23. The van der Waals surface area contributed by atoms with Crippen molar-refractivity contribution in [3.63, 3.8) is 0 Å². The van der Waals surface area contributed by atoms with Gasteiger partial charge in [-0.05, 0) is 36.8 Å². The maximum atomic E-state index is 10.9. The summed E-state index contributed by atoms with van der Waals surface area (Å²) in [6.45, 7) is 0. The van der Waals surface area contributed by atoms with E-state index >= 15 is 0 Å². The Morgan fingerprint density at radius 1 is 1.43 bits per heavy atom. The minimum atomic E-state index is -1.02. The van der Waals surface area contributed by atoms with Crippen molar-refractivity contribution in [3.8, 4) is 17.0 Å². The highest BCUT2D eigenvalue weighted by Crippen LogP contribution is 2.31. The lowest BCUT2D eigenvalue weighted by Gasteiger charge is -2.23. The molecular weight excluding hydrogens is 288 g/mol. The summed E-state index contributed by atoms with van der Waals surface area (Å²) in [5.74, 6) is 1.93. The highest BCUT2D eigenvalue weighted by atomic mass is 32.2. The average molecular weight is 304 g/mol. The summed E-state index contributed by atoms with van der Waals surface area (Å²) in [5, 5.41) is 15.6. The van der Waals surface area contributed by atoms with E-state index in [9.17, 15) is 4.79 Å². The Bertz CT molecular complexity index is 635. The van der Waals surface area contributed by atoms with Gasteiger partial charge < -0.3 is 9.84 Å². The highest BCUT2D eigenvalue weighted by Gasteiger charge is 2.18. The van der Waals surface area contributed by atoms with Gasteiger partial charge in [0.15, 0.2) is 0 Å². The van der Waals surface area contributed by atoms with E-state index in [-0.39, 0.29) is 11.8 Å². The maximum Gasteiger partial charge on any atom is 0.353 e. The van der Waals surface area contributed by atoms with Crippen LogP contribution in [-0.4, -0.2) is 38.9 Å². The summed E-state index contributed by atoms with van der Waals surface area (Å²) in [6.07, 6.45) is 2.44. The molecule has 0 amide bonds. The van der Waals surface area contributed by atoms with Crippen LogP contribution in [0.15, 0.2) is 30.3 Å². The number of aromatic amines is 1. The van der Waals surface area contributed by atoms with E-state index in [0.29, 0.717) is 5.69 Å². The number of nitrogens with zero attached hydrogens (tertiary/aromatic N) is 1. The first-order chi connectivity index (χ1) is 10.2. The Kier molecular flexibility index (Phi) is 4.15. The molecule has 1 aromatic heterocycles. The smallest absolute Gasteiger partial charge is 0.353 e. The second-order valence-electron chi connectivity index (χ2n) is 4.93. The zero-order valence-corrected chi connectivity index (χ0v) is 12.2. The van der Waals surface area contributed by atoms with Crippen molar-refractivity contribution in [2.45, 2.75) is 18.9 Å². The molecule has 0 saturated carbocycles. The number of hydrogen-bond donors (Lipinski definition) is 2. The lowest BCUT2D eigenvalue weighted by atomic mass is 10.1.